The Balaban J connectivity index is 1.18. The van der Waals surface area contributed by atoms with Crippen molar-refractivity contribution in [3.63, 3.8) is 0 Å². The summed E-state index contributed by atoms with van der Waals surface area (Å²) in [4.78, 5) is 20.9. The summed E-state index contributed by atoms with van der Waals surface area (Å²) in [5.74, 6) is 1.10. The molecular formula is C21H22N3O2S2+. The Morgan fingerprint density at radius 2 is 2.11 bits per heavy atom. The summed E-state index contributed by atoms with van der Waals surface area (Å²) >= 11 is 3.19. The molecule has 2 aliphatic heterocycles. The van der Waals surface area contributed by atoms with Crippen LogP contribution in [0.1, 0.15) is 21.6 Å². The van der Waals surface area contributed by atoms with E-state index < -0.39 is 0 Å². The van der Waals surface area contributed by atoms with Crippen LogP contribution in [0.4, 0.5) is 0 Å². The summed E-state index contributed by atoms with van der Waals surface area (Å²) in [6.45, 7) is 5.33. The van der Waals surface area contributed by atoms with Crippen molar-refractivity contribution in [2.24, 2.45) is 0 Å². The predicted octanol–water partition coefficient (Wildman–Crippen LogP) is 2.35. The molecule has 1 aromatic carbocycles. The highest BCUT2D eigenvalue weighted by molar-refractivity contribution is 7.14. The van der Waals surface area contributed by atoms with Gasteiger partial charge >= 0.3 is 0 Å². The lowest BCUT2D eigenvalue weighted by Gasteiger charge is -2.32. The van der Waals surface area contributed by atoms with Gasteiger partial charge in [0.1, 0.15) is 23.0 Å². The first-order valence-electron chi connectivity index (χ1n) is 9.62. The van der Waals surface area contributed by atoms with E-state index in [9.17, 15) is 4.79 Å². The Morgan fingerprint density at radius 1 is 1.21 bits per heavy atom. The molecule has 1 fully saturated rings. The van der Waals surface area contributed by atoms with Crippen molar-refractivity contribution in [3.8, 4) is 16.3 Å². The number of thiazole rings is 1. The number of piperazine rings is 1. The lowest BCUT2D eigenvalue weighted by molar-refractivity contribution is -0.917. The van der Waals surface area contributed by atoms with E-state index >= 15 is 0 Å². The van der Waals surface area contributed by atoms with E-state index in [1.807, 2.05) is 21.7 Å². The van der Waals surface area contributed by atoms with E-state index in [1.54, 1.807) is 22.7 Å². The molecule has 0 bridgehead atoms. The normalized spacial score (nSPS) is 16.8. The van der Waals surface area contributed by atoms with Gasteiger partial charge in [-0.3, -0.25) is 4.79 Å². The molecule has 1 saturated heterocycles. The van der Waals surface area contributed by atoms with Gasteiger partial charge in [-0.25, -0.2) is 4.98 Å². The van der Waals surface area contributed by atoms with Gasteiger partial charge in [0.25, 0.3) is 5.91 Å². The number of ether oxygens (including phenoxy) is 1. The van der Waals surface area contributed by atoms with Gasteiger partial charge in [-0.05, 0) is 35.2 Å². The second-order valence-corrected chi connectivity index (χ2v) is 8.95. The lowest BCUT2D eigenvalue weighted by atomic mass is 10.1. The molecular weight excluding hydrogens is 390 g/mol. The van der Waals surface area contributed by atoms with Crippen LogP contribution >= 0.6 is 22.7 Å². The average Bonchev–Trinajstić information content (AvgIpc) is 3.48. The van der Waals surface area contributed by atoms with Crippen LogP contribution in [0, 0.1) is 0 Å². The number of aromatic nitrogens is 1. The molecule has 0 aliphatic carbocycles. The maximum absolute atomic E-state index is 12.8. The van der Waals surface area contributed by atoms with E-state index in [4.69, 9.17) is 4.74 Å². The summed E-state index contributed by atoms with van der Waals surface area (Å²) in [5, 5.41) is 6.92. The number of thiophene rings is 1. The van der Waals surface area contributed by atoms with E-state index in [2.05, 4.69) is 28.6 Å². The summed E-state index contributed by atoms with van der Waals surface area (Å²) in [7, 11) is 0. The van der Waals surface area contributed by atoms with Crippen molar-refractivity contribution in [3.05, 3.63) is 57.2 Å². The number of benzene rings is 1. The van der Waals surface area contributed by atoms with Crippen molar-refractivity contribution in [1.82, 2.24) is 9.88 Å². The zero-order valence-corrected chi connectivity index (χ0v) is 17.2. The van der Waals surface area contributed by atoms with Gasteiger partial charge in [0.05, 0.1) is 32.8 Å². The van der Waals surface area contributed by atoms with E-state index in [0.717, 1.165) is 62.1 Å². The molecule has 2 aliphatic rings. The van der Waals surface area contributed by atoms with Crippen molar-refractivity contribution in [1.29, 1.82) is 0 Å². The Hall–Kier alpha value is -2.22. The van der Waals surface area contributed by atoms with E-state index in [0.29, 0.717) is 5.69 Å². The van der Waals surface area contributed by atoms with Gasteiger partial charge in [-0.1, -0.05) is 0 Å². The number of nitrogens with one attached hydrogen (secondary N) is 1. The molecule has 5 rings (SSSR count). The van der Waals surface area contributed by atoms with Gasteiger partial charge in [0.15, 0.2) is 0 Å². The number of rotatable bonds is 4. The molecule has 0 atom stereocenters. The van der Waals surface area contributed by atoms with E-state index in [1.165, 1.54) is 16.0 Å². The van der Waals surface area contributed by atoms with Crippen molar-refractivity contribution in [2.75, 3.05) is 32.8 Å². The number of carbonyl (C=O) groups is 1. The van der Waals surface area contributed by atoms with Crippen LogP contribution in [-0.4, -0.2) is 48.6 Å². The first-order chi connectivity index (χ1) is 13.8. The maximum Gasteiger partial charge on any atom is 0.273 e. The fourth-order valence-electron chi connectivity index (χ4n) is 3.89. The zero-order chi connectivity index (χ0) is 18.9. The molecule has 0 unspecified atom stereocenters. The third kappa shape index (κ3) is 3.57. The van der Waals surface area contributed by atoms with Crippen LogP contribution in [0.2, 0.25) is 0 Å². The molecule has 2 aromatic heterocycles. The van der Waals surface area contributed by atoms with Gasteiger partial charge in [0.2, 0.25) is 0 Å². The topological polar surface area (TPSA) is 46.9 Å². The van der Waals surface area contributed by atoms with Crippen LogP contribution in [0.15, 0.2) is 40.4 Å². The standard InChI is InChI=1S/C21H21N3O2S2/c25-21(18-14-28-20(22-18)17-4-10-27-13-17)24-7-5-23(6-8-24)12-15-1-2-19-16(11-15)3-9-26-19/h1-2,4,10-11,13-14H,3,5-9,12H2/p+1. The molecule has 5 nitrogen and oxygen atoms in total. The summed E-state index contributed by atoms with van der Waals surface area (Å²) in [5.41, 5.74) is 4.37. The smallest absolute Gasteiger partial charge is 0.273 e. The van der Waals surface area contributed by atoms with Crippen LogP contribution in [-0.2, 0) is 13.0 Å². The SMILES string of the molecule is O=C(c1csc(-c2ccsc2)n1)N1CC[NH+](Cc2ccc3c(c2)CCO3)CC1. The fourth-order valence-corrected chi connectivity index (χ4v) is 5.40. The summed E-state index contributed by atoms with van der Waals surface area (Å²) in [6.07, 6.45) is 1.02. The molecule has 0 saturated carbocycles. The predicted molar refractivity (Wildman–Crippen MR) is 111 cm³/mol. The van der Waals surface area contributed by atoms with Crippen molar-refractivity contribution >= 4 is 28.6 Å². The van der Waals surface area contributed by atoms with Crippen LogP contribution in [0.5, 0.6) is 5.75 Å². The number of nitrogens with zero attached hydrogens (tertiary/aromatic N) is 2. The first-order valence-corrected chi connectivity index (χ1v) is 11.4. The number of carbonyl (C=O) groups excluding carboxylic acids is 1. The lowest BCUT2D eigenvalue weighted by Crippen LogP contribution is -3.13. The second kappa shape index (κ2) is 7.66. The molecule has 1 N–H and O–H groups in total. The second-order valence-electron chi connectivity index (χ2n) is 7.31. The molecule has 4 heterocycles. The fraction of sp³-hybridized carbons (Fsp3) is 0.333. The van der Waals surface area contributed by atoms with Gasteiger partial charge in [-0.15, -0.1) is 11.3 Å². The summed E-state index contributed by atoms with van der Waals surface area (Å²) < 4.78 is 5.60. The molecule has 7 heteroatoms. The number of hydrogen-bond acceptors (Lipinski definition) is 5. The number of fused-ring (bicyclic) bond motifs is 1. The molecule has 1 amide bonds. The zero-order valence-electron chi connectivity index (χ0n) is 15.5. The Bertz CT molecular complexity index is 975. The van der Waals surface area contributed by atoms with Crippen molar-refractivity contribution < 1.29 is 14.4 Å². The molecule has 3 aromatic rings. The largest absolute Gasteiger partial charge is 0.493 e. The van der Waals surface area contributed by atoms with Crippen LogP contribution < -0.4 is 9.64 Å². The van der Waals surface area contributed by atoms with Crippen LogP contribution in [0.25, 0.3) is 10.6 Å². The monoisotopic (exact) mass is 412 g/mol. The highest BCUT2D eigenvalue weighted by atomic mass is 32.1. The van der Waals surface area contributed by atoms with Gasteiger partial charge in [-0.2, -0.15) is 11.3 Å². The van der Waals surface area contributed by atoms with Crippen LogP contribution in [0.3, 0.4) is 0 Å². The summed E-state index contributed by atoms with van der Waals surface area (Å²) in [6, 6.07) is 8.61. The molecule has 0 spiro atoms. The third-order valence-corrected chi connectivity index (χ3v) is 7.03. The Morgan fingerprint density at radius 3 is 2.93 bits per heavy atom. The van der Waals surface area contributed by atoms with Gasteiger partial charge < -0.3 is 14.5 Å². The number of amides is 1. The van der Waals surface area contributed by atoms with Gasteiger partial charge in [0, 0.05) is 28.3 Å². The quantitative estimate of drug-likeness (QED) is 0.716. The minimum absolute atomic E-state index is 0.0615. The highest BCUT2D eigenvalue weighted by Gasteiger charge is 2.26. The van der Waals surface area contributed by atoms with Crippen molar-refractivity contribution in [2.45, 2.75) is 13.0 Å². The molecule has 144 valence electrons. The first kappa shape index (κ1) is 17.8. The highest BCUT2D eigenvalue weighted by Crippen LogP contribution is 2.27. The number of hydrogen-bond donors (Lipinski definition) is 1. The van der Waals surface area contributed by atoms with E-state index in [-0.39, 0.29) is 5.91 Å². The molecule has 0 radical (unpaired) electrons. The Kier molecular flexibility index (Phi) is 4.88. The molecule has 28 heavy (non-hydrogen) atoms. The Labute approximate surface area is 172 Å². The number of quaternary nitrogens is 1. The maximum atomic E-state index is 12.8. The average molecular weight is 413 g/mol. The third-order valence-electron chi connectivity index (χ3n) is 5.46. The minimum atomic E-state index is 0.0615. The minimum Gasteiger partial charge on any atom is -0.493 e.